The quantitative estimate of drug-likeness (QED) is 0.0887. The van der Waals surface area contributed by atoms with Crippen LogP contribution in [-0.2, 0) is 27.2 Å². The minimum absolute atomic E-state index is 0.0638. The number of rotatable bonds is 17. The molecule has 0 spiro atoms. The number of hydrogen-bond acceptors (Lipinski definition) is 7. The van der Waals surface area contributed by atoms with Gasteiger partial charge in [-0.3, -0.25) is 4.79 Å². The molecule has 0 aliphatic rings. The Morgan fingerprint density at radius 1 is 0.756 bits per heavy atom. The highest BCUT2D eigenvalue weighted by molar-refractivity contribution is 6.27. The van der Waals surface area contributed by atoms with Crippen LogP contribution in [0, 0.1) is 0 Å². The predicted octanol–water partition coefficient (Wildman–Crippen LogP) is 7.56. The third kappa shape index (κ3) is 12.1. The molecule has 0 aliphatic carbocycles. The summed E-state index contributed by atoms with van der Waals surface area (Å²) in [6.45, 7) is 13.7. The Morgan fingerprint density at radius 2 is 1.31 bits per heavy atom. The highest BCUT2D eigenvalue weighted by atomic mass is 16.5. The Kier molecular flexibility index (Phi) is 16.1. The number of esters is 1. The lowest BCUT2D eigenvalue weighted by Crippen LogP contribution is -2.27. The number of fused-ring (bicyclic) bond motifs is 1. The van der Waals surface area contributed by atoms with E-state index < -0.39 is 17.9 Å². The van der Waals surface area contributed by atoms with Gasteiger partial charge in [0.05, 0.1) is 17.2 Å². The number of carbonyl (C=O) groups excluding carboxylic acids is 2. The topological polar surface area (TPSA) is 134 Å². The Labute approximate surface area is 266 Å². The van der Waals surface area contributed by atoms with E-state index in [1.54, 1.807) is 18.2 Å². The molecule has 0 aliphatic heterocycles. The molecule has 9 nitrogen and oxygen atoms in total. The van der Waals surface area contributed by atoms with E-state index in [4.69, 9.17) is 29.0 Å². The molecule has 0 atom stereocenters. The molecule has 9 heteroatoms. The van der Waals surface area contributed by atoms with Crippen LogP contribution < -0.4 is 0 Å². The Hall–Kier alpha value is -3.98. The molecule has 0 amide bonds. The van der Waals surface area contributed by atoms with Crippen LogP contribution in [0.4, 0.5) is 0 Å². The van der Waals surface area contributed by atoms with Crippen LogP contribution in [0.3, 0.4) is 0 Å². The fourth-order valence-electron chi connectivity index (χ4n) is 4.89. The molecular formula is C36H49NO8. The zero-order chi connectivity index (χ0) is 33.4. The summed E-state index contributed by atoms with van der Waals surface area (Å²) < 4.78 is 11.5. The summed E-state index contributed by atoms with van der Waals surface area (Å²) in [7, 11) is 0. The van der Waals surface area contributed by atoms with Crippen molar-refractivity contribution in [1.29, 1.82) is 0 Å². The minimum Gasteiger partial charge on any atom is -0.473 e. The first-order valence-electron chi connectivity index (χ1n) is 16.1. The van der Waals surface area contributed by atoms with E-state index in [2.05, 4.69) is 37.8 Å². The van der Waals surface area contributed by atoms with E-state index in [9.17, 15) is 9.59 Å². The number of carboxylic acids is 2. The Morgan fingerprint density at radius 3 is 1.84 bits per heavy atom. The van der Waals surface area contributed by atoms with Gasteiger partial charge in [-0.15, -0.1) is 0 Å². The minimum atomic E-state index is -1.82. The van der Waals surface area contributed by atoms with Crippen molar-refractivity contribution in [2.75, 3.05) is 19.6 Å². The van der Waals surface area contributed by atoms with Crippen molar-refractivity contribution in [3.8, 4) is 0 Å². The highest BCUT2D eigenvalue weighted by Gasteiger charge is 2.23. The number of benzene rings is 2. The van der Waals surface area contributed by atoms with Crippen molar-refractivity contribution >= 4 is 34.7 Å². The summed E-state index contributed by atoms with van der Waals surface area (Å²) in [4.78, 5) is 47.1. The second-order valence-electron chi connectivity index (χ2n) is 11.5. The van der Waals surface area contributed by atoms with Crippen molar-refractivity contribution in [3.63, 3.8) is 0 Å². The summed E-state index contributed by atoms with van der Waals surface area (Å²) >= 11 is 0. The summed E-state index contributed by atoms with van der Waals surface area (Å²) in [6, 6.07) is 13.2. The summed E-state index contributed by atoms with van der Waals surface area (Å²) in [5.74, 6) is -3.42. The van der Waals surface area contributed by atoms with Gasteiger partial charge in [-0.05, 0) is 89.3 Å². The summed E-state index contributed by atoms with van der Waals surface area (Å²) in [5, 5.41) is 15.5. The molecule has 1 aromatic heterocycles. The molecular weight excluding hydrogens is 574 g/mol. The molecule has 0 radical (unpaired) electrons. The lowest BCUT2D eigenvalue weighted by Gasteiger charge is -2.21. The van der Waals surface area contributed by atoms with Gasteiger partial charge in [0.25, 0.3) is 0 Å². The van der Waals surface area contributed by atoms with Crippen molar-refractivity contribution < 1.29 is 38.5 Å². The maximum atomic E-state index is 13.8. The van der Waals surface area contributed by atoms with E-state index in [0.717, 1.165) is 32.2 Å². The van der Waals surface area contributed by atoms with Crippen LogP contribution in [-0.4, -0.2) is 64.5 Å². The number of nitrogens with zero attached hydrogens (tertiary/aromatic N) is 1. The van der Waals surface area contributed by atoms with Crippen molar-refractivity contribution in [2.45, 2.75) is 98.5 Å². The van der Waals surface area contributed by atoms with E-state index >= 15 is 0 Å². The van der Waals surface area contributed by atoms with E-state index in [-0.39, 0.29) is 11.9 Å². The molecule has 0 saturated heterocycles. The first kappa shape index (κ1) is 37.2. The maximum Gasteiger partial charge on any atom is 0.414 e. The van der Waals surface area contributed by atoms with Gasteiger partial charge in [-0.2, -0.15) is 0 Å². The van der Waals surface area contributed by atoms with Crippen LogP contribution >= 0.6 is 0 Å². The number of aliphatic carboxylic acids is 2. The van der Waals surface area contributed by atoms with Gasteiger partial charge in [0.2, 0.25) is 0 Å². The molecule has 2 N–H and O–H groups in total. The van der Waals surface area contributed by atoms with Crippen molar-refractivity contribution in [2.24, 2.45) is 0 Å². The number of unbranched alkanes of at least 4 members (excludes halogenated alkanes) is 3. The Balaban J connectivity index is 0.00000107. The molecule has 246 valence electrons. The van der Waals surface area contributed by atoms with Gasteiger partial charge < -0.3 is 24.3 Å². The van der Waals surface area contributed by atoms with Crippen molar-refractivity contribution in [1.82, 2.24) is 4.90 Å². The average Bonchev–Trinajstić information content (AvgIpc) is 3.38. The van der Waals surface area contributed by atoms with Crippen molar-refractivity contribution in [3.05, 3.63) is 70.5 Å². The van der Waals surface area contributed by atoms with Crippen LogP contribution in [0.5, 0.6) is 0 Å². The van der Waals surface area contributed by atoms with Gasteiger partial charge >= 0.3 is 17.9 Å². The largest absolute Gasteiger partial charge is 0.473 e. The first-order chi connectivity index (χ1) is 21.5. The van der Waals surface area contributed by atoms with Gasteiger partial charge in [0.15, 0.2) is 5.78 Å². The molecule has 0 unspecified atom stereocenters. The second kappa shape index (κ2) is 19.4. The number of ether oxygens (including phenoxy) is 1. The average molecular weight is 624 g/mol. The number of ketones is 1. The summed E-state index contributed by atoms with van der Waals surface area (Å²) in [6.07, 6.45) is 9.48. The Bertz CT molecular complexity index is 1370. The van der Waals surface area contributed by atoms with E-state index in [1.807, 2.05) is 26.0 Å². The van der Waals surface area contributed by atoms with Gasteiger partial charge in [0.1, 0.15) is 11.3 Å². The number of furan rings is 1. The molecule has 0 bridgehead atoms. The van der Waals surface area contributed by atoms with E-state index in [1.165, 1.54) is 44.3 Å². The molecule has 3 rings (SSSR count). The zero-order valence-corrected chi connectivity index (χ0v) is 27.4. The van der Waals surface area contributed by atoms with Crippen LogP contribution in [0.25, 0.3) is 11.0 Å². The third-order valence-electron chi connectivity index (χ3n) is 7.32. The lowest BCUT2D eigenvalue weighted by atomic mass is 9.96. The van der Waals surface area contributed by atoms with Gasteiger partial charge in [-0.1, -0.05) is 64.3 Å². The highest BCUT2D eigenvalue weighted by Crippen LogP contribution is 2.31. The van der Waals surface area contributed by atoms with Gasteiger partial charge in [-0.25, -0.2) is 14.4 Å². The lowest BCUT2D eigenvalue weighted by molar-refractivity contribution is -0.159. The van der Waals surface area contributed by atoms with Crippen LogP contribution in [0.1, 0.15) is 117 Å². The van der Waals surface area contributed by atoms with E-state index in [0.29, 0.717) is 39.8 Å². The number of aryl methyl sites for hydroxylation is 2. The fourth-order valence-corrected chi connectivity index (χ4v) is 4.89. The van der Waals surface area contributed by atoms with Crippen LogP contribution in [0.15, 0.2) is 46.9 Å². The standard InChI is InChI=1S/C34H47NO4.C2H2O4/c1-6-9-14-31-32(29-24-28(19-20-30(29)39-31)34(37)38-25(4)5)33(36)27-17-15-26(16-18-27)13-12-23-35(21-10-7-2)22-11-8-3;3-1(4)2(5)6/h15-20,24-25H,6-14,21-23H2,1-5H3;(H,3,4)(H,5,6). The van der Waals surface area contributed by atoms with Gasteiger partial charge in [0, 0.05) is 17.4 Å². The summed E-state index contributed by atoms with van der Waals surface area (Å²) in [5.41, 5.74) is 3.50. The third-order valence-corrected chi connectivity index (χ3v) is 7.32. The first-order valence-corrected chi connectivity index (χ1v) is 16.1. The fraction of sp³-hybridized carbons (Fsp3) is 0.500. The number of hydrogen-bond donors (Lipinski definition) is 2. The number of carbonyl (C=O) groups is 4. The zero-order valence-electron chi connectivity index (χ0n) is 27.4. The molecule has 45 heavy (non-hydrogen) atoms. The monoisotopic (exact) mass is 623 g/mol. The molecule has 1 heterocycles. The predicted molar refractivity (Wildman–Crippen MR) is 175 cm³/mol. The maximum absolute atomic E-state index is 13.8. The molecule has 0 saturated carbocycles. The SMILES string of the molecule is CCCCc1oc2ccc(C(=O)OC(C)C)cc2c1C(=O)c1ccc(CCCN(CCCC)CCCC)cc1.O=C(O)C(=O)O. The second-order valence-corrected chi connectivity index (χ2v) is 11.5. The molecule has 3 aromatic rings. The molecule has 2 aromatic carbocycles. The number of carboxylic acid groups (broad SMARTS) is 2. The smallest absolute Gasteiger partial charge is 0.414 e. The molecule has 0 fully saturated rings. The van der Waals surface area contributed by atoms with Crippen LogP contribution in [0.2, 0.25) is 0 Å². The normalized spacial score (nSPS) is 11.0.